The van der Waals surface area contributed by atoms with Crippen LogP contribution in [0, 0.1) is 0 Å². The van der Waals surface area contributed by atoms with E-state index >= 15 is 0 Å². The maximum atomic E-state index is 11.9. The third kappa shape index (κ3) is 4.06. The van der Waals surface area contributed by atoms with E-state index in [4.69, 9.17) is 18.6 Å². The van der Waals surface area contributed by atoms with Crippen LogP contribution in [0.25, 0.3) is 0 Å². The second-order valence-corrected chi connectivity index (χ2v) is 5.29. The molecule has 0 N–H and O–H groups in total. The van der Waals surface area contributed by atoms with Gasteiger partial charge in [-0.2, -0.15) is 0 Å². The molecule has 1 aliphatic rings. The van der Waals surface area contributed by atoms with Gasteiger partial charge >= 0.3 is 5.97 Å². The Morgan fingerprint density at radius 2 is 2.21 bits per heavy atom. The molecule has 2 heterocycles. The number of esters is 1. The monoisotopic (exact) mass is 331 g/mol. The lowest BCUT2D eigenvalue weighted by Gasteiger charge is -2.17. The minimum atomic E-state index is -1.02. The van der Waals surface area contributed by atoms with Gasteiger partial charge in [0.1, 0.15) is 12.4 Å². The predicted octanol–water partition coefficient (Wildman–Crippen LogP) is 1.83. The Labute approximate surface area is 138 Å². The summed E-state index contributed by atoms with van der Waals surface area (Å²) in [6, 6.07) is 9.58. The van der Waals surface area contributed by atoms with Gasteiger partial charge in [0.25, 0.3) is 5.89 Å². The van der Waals surface area contributed by atoms with Gasteiger partial charge in [-0.25, -0.2) is 4.98 Å². The lowest BCUT2D eigenvalue weighted by Crippen LogP contribution is -2.34. The first-order valence-electron chi connectivity index (χ1n) is 7.61. The maximum Gasteiger partial charge on any atom is 0.306 e. The summed E-state index contributed by atoms with van der Waals surface area (Å²) in [7, 11) is 0. The van der Waals surface area contributed by atoms with Crippen LogP contribution >= 0.6 is 0 Å². The zero-order valence-electron chi connectivity index (χ0n) is 12.9. The fourth-order valence-electron chi connectivity index (χ4n) is 2.37. The van der Waals surface area contributed by atoms with Crippen LogP contribution in [0.4, 0.5) is 0 Å². The number of carbonyl (C=O) groups excluding carboxylic acids is 2. The topological polar surface area (TPSA) is 87.9 Å². The molecule has 3 atom stereocenters. The molecule has 7 nitrogen and oxygen atoms in total. The van der Waals surface area contributed by atoms with Gasteiger partial charge in [0, 0.05) is 6.42 Å². The Morgan fingerprint density at radius 1 is 1.38 bits per heavy atom. The first-order chi connectivity index (χ1) is 11.8. The van der Waals surface area contributed by atoms with Crippen molar-refractivity contribution >= 4 is 12.3 Å². The number of oxazole rings is 1. The van der Waals surface area contributed by atoms with Crippen molar-refractivity contribution in [3.05, 3.63) is 54.2 Å². The average Bonchev–Trinajstić information content (AvgIpc) is 3.30. The van der Waals surface area contributed by atoms with Crippen LogP contribution in [0.5, 0.6) is 0 Å². The first-order valence-corrected chi connectivity index (χ1v) is 7.61. The molecule has 0 saturated carbocycles. The second-order valence-electron chi connectivity index (χ2n) is 5.29. The van der Waals surface area contributed by atoms with Gasteiger partial charge in [-0.1, -0.05) is 30.3 Å². The van der Waals surface area contributed by atoms with Gasteiger partial charge in [0.2, 0.25) is 6.29 Å². The van der Waals surface area contributed by atoms with Gasteiger partial charge in [0.05, 0.1) is 12.8 Å². The molecule has 0 aliphatic carbocycles. The zero-order chi connectivity index (χ0) is 16.8. The molecular formula is C17H17NO6. The largest absolute Gasteiger partial charge is 0.452 e. The summed E-state index contributed by atoms with van der Waals surface area (Å²) >= 11 is 0. The number of nitrogens with zero attached hydrogens (tertiary/aromatic N) is 1. The number of rotatable bonds is 7. The van der Waals surface area contributed by atoms with Crippen LogP contribution in [-0.4, -0.2) is 36.1 Å². The van der Waals surface area contributed by atoms with Crippen LogP contribution in [-0.2, 0) is 30.2 Å². The molecular weight excluding hydrogens is 314 g/mol. The number of benzene rings is 1. The van der Waals surface area contributed by atoms with E-state index < -0.39 is 24.5 Å². The highest BCUT2D eigenvalue weighted by Gasteiger charge is 2.37. The molecule has 0 spiro atoms. The van der Waals surface area contributed by atoms with E-state index in [9.17, 15) is 9.59 Å². The number of aldehydes is 1. The van der Waals surface area contributed by atoms with Crippen molar-refractivity contribution in [2.24, 2.45) is 0 Å². The Bertz CT molecular complexity index is 657. The fourth-order valence-corrected chi connectivity index (χ4v) is 2.37. The van der Waals surface area contributed by atoms with Crippen LogP contribution in [0.3, 0.4) is 0 Å². The quantitative estimate of drug-likeness (QED) is 0.565. The SMILES string of the molecule is O=CC(OC(=O)CCc1ccccc1)C1COC(c2ncco2)O1. The van der Waals surface area contributed by atoms with Crippen molar-refractivity contribution in [1.82, 2.24) is 4.98 Å². The van der Waals surface area contributed by atoms with Gasteiger partial charge in [-0.3, -0.25) is 9.59 Å². The van der Waals surface area contributed by atoms with Crippen LogP contribution in [0.1, 0.15) is 24.2 Å². The number of hydrogen-bond donors (Lipinski definition) is 0. The first kappa shape index (κ1) is 16.4. The summed E-state index contributed by atoms with van der Waals surface area (Å²) in [4.78, 5) is 27.1. The molecule has 1 aromatic carbocycles. The lowest BCUT2D eigenvalue weighted by molar-refractivity contribution is -0.161. The molecule has 0 radical (unpaired) electrons. The summed E-state index contributed by atoms with van der Waals surface area (Å²) in [5, 5.41) is 0. The van der Waals surface area contributed by atoms with Gasteiger partial charge in [-0.15, -0.1) is 0 Å². The van der Waals surface area contributed by atoms with E-state index in [1.54, 1.807) is 0 Å². The van der Waals surface area contributed by atoms with E-state index in [0.29, 0.717) is 12.7 Å². The Morgan fingerprint density at radius 3 is 2.92 bits per heavy atom. The third-order valence-corrected chi connectivity index (χ3v) is 3.59. The number of carbonyl (C=O) groups is 2. The van der Waals surface area contributed by atoms with E-state index in [1.165, 1.54) is 12.5 Å². The van der Waals surface area contributed by atoms with E-state index in [0.717, 1.165) is 5.56 Å². The van der Waals surface area contributed by atoms with Crippen molar-refractivity contribution in [3.8, 4) is 0 Å². The van der Waals surface area contributed by atoms with Crippen LogP contribution in [0.2, 0.25) is 0 Å². The molecule has 1 saturated heterocycles. The van der Waals surface area contributed by atoms with E-state index in [2.05, 4.69) is 4.98 Å². The number of ether oxygens (including phenoxy) is 3. The molecule has 0 amide bonds. The van der Waals surface area contributed by atoms with E-state index in [1.807, 2.05) is 30.3 Å². The smallest absolute Gasteiger partial charge is 0.306 e. The molecule has 2 aromatic rings. The Hall–Kier alpha value is -2.51. The molecule has 24 heavy (non-hydrogen) atoms. The van der Waals surface area contributed by atoms with E-state index in [-0.39, 0.29) is 18.9 Å². The molecule has 3 rings (SSSR count). The van der Waals surface area contributed by atoms with Gasteiger partial charge < -0.3 is 18.6 Å². The summed E-state index contributed by atoms with van der Waals surface area (Å²) in [6.45, 7) is 0.114. The van der Waals surface area contributed by atoms with Crippen molar-refractivity contribution in [1.29, 1.82) is 0 Å². The molecule has 0 bridgehead atoms. The molecule has 1 aromatic heterocycles. The van der Waals surface area contributed by atoms with Gasteiger partial charge in [0.15, 0.2) is 12.4 Å². The standard InChI is InChI=1S/C17H17NO6/c19-10-13(14-11-22-17(24-14)16-18-8-9-21-16)23-15(20)7-6-12-4-2-1-3-5-12/h1-5,8-10,13-14,17H,6-7,11H2. The van der Waals surface area contributed by atoms with Crippen LogP contribution < -0.4 is 0 Å². The zero-order valence-corrected chi connectivity index (χ0v) is 12.9. The predicted molar refractivity (Wildman–Crippen MR) is 80.8 cm³/mol. The van der Waals surface area contributed by atoms with Crippen molar-refractivity contribution in [2.45, 2.75) is 31.3 Å². The molecule has 1 fully saturated rings. The number of aryl methyl sites for hydroxylation is 1. The van der Waals surface area contributed by atoms with Crippen LogP contribution in [0.15, 0.2) is 47.2 Å². The highest BCUT2D eigenvalue weighted by atomic mass is 16.7. The van der Waals surface area contributed by atoms with Crippen molar-refractivity contribution in [2.75, 3.05) is 6.61 Å². The highest BCUT2D eigenvalue weighted by Crippen LogP contribution is 2.27. The second kappa shape index (κ2) is 7.85. The minimum Gasteiger partial charge on any atom is -0.452 e. The molecule has 7 heteroatoms. The lowest BCUT2D eigenvalue weighted by atomic mass is 10.1. The minimum absolute atomic E-state index is 0.114. The summed E-state index contributed by atoms with van der Waals surface area (Å²) in [6.07, 6.45) is 1.65. The van der Waals surface area contributed by atoms with Crippen molar-refractivity contribution < 1.29 is 28.2 Å². The number of hydrogen-bond acceptors (Lipinski definition) is 7. The van der Waals surface area contributed by atoms with Gasteiger partial charge in [-0.05, 0) is 12.0 Å². The summed E-state index contributed by atoms with van der Waals surface area (Å²) in [5.41, 5.74) is 1.03. The fraction of sp³-hybridized carbons (Fsp3) is 0.353. The molecule has 1 aliphatic heterocycles. The highest BCUT2D eigenvalue weighted by molar-refractivity contribution is 5.73. The van der Waals surface area contributed by atoms with Crippen molar-refractivity contribution in [3.63, 3.8) is 0 Å². The summed E-state index contributed by atoms with van der Waals surface area (Å²) in [5.74, 6) is -0.198. The number of aromatic nitrogens is 1. The average molecular weight is 331 g/mol. The Kier molecular flexibility index (Phi) is 5.35. The summed E-state index contributed by atoms with van der Waals surface area (Å²) < 4.78 is 21.2. The maximum absolute atomic E-state index is 11.9. The third-order valence-electron chi connectivity index (χ3n) is 3.59. The molecule has 126 valence electrons. The molecule has 3 unspecified atom stereocenters. The normalized spacial score (nSPS) is 21.3. The Balaban J connectivity index is 1.49.